The summed E-state index contributed by atoms with van der Waals surface area (Å²) in [5, 5.41) is 7.00. The SMILES string of the molecule is CO.[Co].[Mn].[Ni]. The van der Waals surface area contributed by atoms with E-state index in [0.29, 0.717) is 0 Å². The number of hydrogen-bond acceptors (Lipinski definition) is 1. The van der Waals surface area contributed by atoms with Crippen LogP contribution in [0.2, 0.25) is 0 Å². The molecule has 0 spiro atoms. The third-order valence-corrected chi connectivity index (χ3v) is 0. The molecule has 0 atom stereocenters. The van der Waals surface area contributed by atoms with Gasteiger partial charge in [0.1, 0.15) is 0 Å². The second kappa shape index (κ2) is 50.2. The molecule has 4 heteroatoms. The first-order valence-electron chi connectivity index (χ1n) is 0.447. The molecular weight excluding hydrogens is 201 g/mol. The third-order valence-electron chi connectivity index (χ3n) is 0. The Morgan fingerprint density at radius 1 is 1.20 bits per heavy atom. The third kappa shape index (κ3) is 30.3. The molecule has 1 nitrogen and oxygen atoms in total. The summed E-state index contributed by atoms with van der Waals surface area (Å²) < 4.78 is 0. The molecule has 0 fully saturated rings. The normalized spacial score (nSPS) is 1.20. The summed E-state index contributed by atoms with van der Waals surface area (Å²) >= 11 is 0. The van der Waals surface area contributed by atoms with Crippen molar-refractivity contribution in [2.45, 2.75) is 0 Å². The fourth-order valence-electron chi connectivity index (χ4n) is 0. The number of aliphatic hydroxyl groups is 1. The first kappa shape index (κ1) is 31.6. The maximum atomic E-state index is 7.00. The van der Waals surface area contributed by atoms with Crippen molar-refractivity contribution in [3.63, 3.8) is 0 Å². The fourth-order valence-corrected chi connectivity index (χ4v) is 0. The molecule has 0 aromatic heterocycles. The van der Waals surface area contributed by atoms with Crippen LogP contribution in [0, 0.1) is 0 Å². The van der Waals surface area contributed by atoms with Crippen LogP contribution in [0.3, 0.4) is 0 Å². The molecule has 0 unspecified atom stereocenters. The molecule has 0 saturated carbocycles. The van der Waals surface area contributed by atoms with Gasteiger partial charge in [0.05, 0.1) is 0 Å². The number of aliphatic hydroxyl groups excluding tert-OH is 1. The minimum Gasteiger partial charge on any atom is -0.400 e. The average molecular weight is 205 g/mol. The molecule has 0 amide bonds. The number of rotatable bonds is 0. The molecule has 0 aliphatic carbocycles. The molecule has 0 heterocycles. The van der Waals surface area contributed by atoms with E-state index in [1.165, 1.54) is 0 Å². The molecule has 0 aromatic carbocycles. The zero-order chi connectivity index (χ0) is 2.00. The summed E-state index contributed by atoms with van der Waals surface area (Å²) in [4.78, 5) is 0. The largest absolute Gasteiger partial charge is 0.400 e. The van der Waals surface area contributed by atoms with E-state index in [0.717, 1.165) is 7.11 Å². The maximum Gasteiger partial charge on any atom is 0.0319 e. The Hall–Kier alpha value is 1.48. The summed E-state index contributed by atoms with van der Waals surface area (Å²) in [5.41, 5.74) is 0. The number of hydrogen-bond donors (Lipinski definition) is 1. The van der Waals surface area contributed by atoms with Crippen LogP contribution < -0.4 is 0 Å². The van der Waals surface area contributed by atoms with Gasteiger partial charge in [0, 0.05) is 57.4 Å². The van der Waals surface area contributed by atoms with Crippen molar-refractivity contribution >= 4 is 0 Å². The van der Waals surface area contributed by atoms with Crippen molar-refractivity contribution in [3.8, 4) is 0 Å². The summed E-state index contributed by atoms with van der Waals surface area (Å²) in [5.74, 6) is 0. The first-order valence-corrected chi connectivity index (χ1v) is 0.447. The van der Waals surface area contributed by atoms with Gasteiger partial charge in [-0.1, -0.05) is 0 Å². The van der Waals surface area contributed by atoms with Gasteiger partial charge in [0.2, 0.25) is 0 Å². The molecule has 0 saturated heterocycles. The average Bonchev–Trinajstić information content (AvgIpc) is 1.00. The quantitative estimate of drug-likeness (QED) is 0.533. The Balaban J connectivity index is -0.00000000167. The van der Waals surface area contributed by atoms with Gasteiger partial charge in [-0.05, 0) is 0 Å². The van der Waals surface area contributed by atoms with Crippen LogP contribution in [0.1, 0.15) is 0 Å². The van der Waals surface area contributed by atoms with E-state index >= 15 is 0 Å². The summed E-state index contributed by atoms with van der Waals surface area (Å²) in [6.45, 7) is 0. The standard InChI is InChI=1S/CH4O.Co.Mn.Ni/c1-2;;;/h2H,1H3;;;. The Kier molecular flexibility index (Phi) is 318. The van der Waals surface area contributed by atoms with Crippen LogP contribution >= 0.6 is 0 Å². The second-order valence-electron chi connectivity index (χ2n) is 0. The van der Waals surface area contributed by atoms with Crippen LogP contribution in [0.25, 0.3) is 0 Å². The molecule has 5 heavy (non-hydrogen) atoms. The molecule has 0 aromatic rings. The van der Waals surface area contributed by atoms with Gasteiger partial charge in [-0.2, -0.15) is 0 Å². The summed E-state index contributed by atoms with van der Waals surface area (Å²) in [6.07, 6.45) is 0. The topological polar surface area (TPSA) is 20.2 Å². The van der Waals surface area contributed by atoms with Crippen LogP contribution in [-0.4, -0.2) is 12.2 Å². The summed E-state index contributed by atoms with van der Waals surface area (Å²) in [6, 6.07) is 0. The predicted molar refractivity (Wildman–Crippen MR) is 8.14 cm³/mol. The Labute approximate surface area is 62.5 Å². The molecule has 0 aliphatic heterocycles. The van der Waals surface area contributed by atoms with E-state index in [4.69, 9.17) is 5.11 Å². The smallest absolute Gasteiger partial charge is 0.0319 e. The minimum atomic E-state index is 0. The maximum absolute atomic E-state index is 7.00. The molecule has 0 aliphatic rings. The van der Waals surface area contributed by atoms with Gasteiger partial charge >= 0.3 is 0 Å². The zero-order valence-electron chi connectivity index (χ0n) is 2.47. The van der Waals surface area contributed by atoms with Gasteiger partial charge in [0.15, 0.2) is 0 Å². The Morgan fingerprint density at radius 2 is 1.20 bits per heavy atom. The molecule has 40 valence electrons. The molecular formula is CH4CoMnNiO. The Morgan fingerprint density at radius 3 is 1.20 bits per heavy atom. The second-order valence-corrected chi connectivity index (χ2v) is 0. The fraction of sp³-hybridized carbons (Fsp3) is 1.00. The van der Waals surface area contributed by atoms with Crippen molar-refractivity contribution in [2.24, 2.45) is 0 Å². The van der Waals surface area contributed by atoms with E-state index in [2.05, 4.69) is 0 Å². The van der Waals surface area contributed by atoms with Gasteiger partial charge in [0.25, 0.3) is 0 Å². The van der Waals surface area contributed by atoms with Crippen LogP contribution in [0.5, 0.6) is 0 Å². The van der Waals surface area contributed by atoms with Gasteiger partial charge in [-0.15, -0.1) is 0 Å². The first-order chi connectivity index (χ1) is 1.00. The van der Waals surface area contributed by atoms with Crippen molar-refractivity contribution in [3.05, 3.63) is 0 Å². The zero-order valence-corrected chi connectivity index (χ0v) is 5.68. The van der Waals surface area contributed by atoms with E-state index < -0.39 is 0 Å². The molecule has 2 radical (unpaired) electrons. The van der Waals surface area contributed by atoms with Gasteiger partial charge < -0.3 is 5.11 Å². The van der Waals surface area contributed by atoms with Crippen LogP contribution in [0.4, 0.5) is 0 Å². The van der Waals surface area contributed by atoms with Crippen molar-refractivity contribution in [2.75, 3.05) is 7.11 Å². The van der Waals surface area contributed by atoms with Gasteiger partial charge in [-0.25, -0.2) is 0 Å². The monoisotopic (exact) mass is 204 g/mol. The molecule has 0 bridgehead atoms. The minimum absolute atomic E-state index is 0. The van der Waals surface area contributed by atoms with Gasteiger partial charge in [-0.3, -0.25) is 0 Å². The van der Waals surface area contributed by atoms with E-state index in [9.17, 15) is 0 Å². The predicted octanol–water partition coefficient (Wildman–Crippen LogP) is -0.399. The molecule has 0 rings (SSSR count). The van der Waals surface area contributed by atoms with Crippen LogP contribution in [0.15, 0.2) is 0 Å². The Bertz CT molecular complexity index is 11.6. The van der Waals surface area contributed by atoms with Crippen molar-refractivity contribution in [1.29, 1.82) is 0 Å². The van der Waals surface area contributed by atoms with E-state index in [1.807, 2.05) is 0 Å². The summed E-state index contributed by atoms with van der Waals surface area (Å²) in [7, 11) is 1.00. The van der Waals surface area contributed by atoms with Crippen molar-refractivity contribution < 1.29 is 55.4 Å². The molecule has 1 N–H and O–H groups in total. The van der Waals surface area contributed by atoms with Crippen LogP contribution in [-0.2, 0) is 50.3 Å². The van der Waals surface area contributed by atoms with E-state index in [-0.39, 0.29) is 50.3 Å². The van der Waals surface area contributed by atoms with E-state index in [1.54, 1.807) is 0 Å². The van der Waals surface area contributed by atoms with Crippen molar-refractivity contribution in [1.82, 2.24) is 0 Å².